The summed E-state index contributed by atoms with van der Waals surface area (Å²) in [4.78, 5) is -0.429. The molecule has 1 heterocycles. The van der Waals surface area contributed by atoms with Crippen molar-refractivity contribution in [1.29, 1.82) is 0 Å². The molecule has 2 rings (SSSR count). The molecule has 0 radical (unpaired) electrons. The molecule has 0 amide bonds. The topological polar surface area (TPSA) is 66.4 Å². The van der Waals surface area contributed by atoms with E-state index in [0.29, 0.717) is 11.0 Å². The molecule has 1 fully saturated rings. The third kappa shape index (κ3) is 4.41. The quantitative estimate of drug-likeness (QED) is 0.801. The van der Waals surface area contributed by atoms with E-state index in [1.165, 1.54) is 12.1 Å². The monoisotopic (exact) mass is 397 g/mol. The van der Waals surface area contributed by atoms with Crippen molar-refractivity contribution in [1.82, 2.24) is 4.72 Å². The summed E-state index contributed by atoms with van der Waals surface area (Å²) in [6.45, 7) is -0.250. The Hall–Kier alpha value is -0.150. The molecule has 1 saturated heterocycles. The van der Waals surface area contributed by atoms with Gasteiger partial charge in [-0.1, -0.05) is 22.4 Å². The van der Waals surface area contributed by atoms with Gasteiger partial charge in [0.1, 0.15) is 10.7 Å². The molecule has 8 heteroatoms. The second-order valence-electron chi connectivity index (χ2n) is 4.88. The van der Waals surface area contributed by atoms with E-state index < -0.39 is 27.3 Å². The number of nitrogens with one attached hydrogen (secondary N) is 1. The number of rotatable bonds is 5. The van der Waals surface area contributed by atoms with Gasteiger partial charge in [0.15, 0.2) is 0 Å². The van der Waals surface area contributed by atoms with Crippen molar-refractivity contribution in [2.24, 2.45) is 0 Å². The van der Waals surface area contributed by atoms with Gasteiger partial charge in [-0.2, -0.15) is 11.8 Å². The highest BCUT2D eigenvalue weighted by molar-refractivity contribution is 9.10. The Bertz CT molecular complexity index is 604. The number of hydrogen-bond donors (Lipinski definition) is 2. The van der Waals surface area contributed by atoms with Gasteiger partial charge < -0.3 is 5.11 Å². The lowest BCUT2D eigenvalue weighted by Gasteiger charge is -2.21. The highest BCUT2D eigenvalue weighted by atomic mass is 79.9. The Morgan fingerprint density at radius 3 is 2.81 bits per heavy atom. The fourth-order valence-electron chi connectivity index (χ4n) is 2.18. The summed E-state index contributed by atoms with van der Waals surface area (Å²) in [5.74, 6) is 0.135. The normalized spacial score (nSPS) is 19.7. The van der Waals surface area contributed by atoms with Crippen LogP contribution >= 0.6 is 27.7 Å². The number of hydrogen-bond acceptors (Lipinski definition) is 4. The zero-order valence-corrected chi connectivity index (χ0v) is 14.5. The molecule has 2 N–H and O–H groups in total. The Balaban J connectivity index is 2.17. The molecule has 1 atom stereocenters. The fraction of sp³-hybridized carbons (Fsp3) is 0.538. The molecule has 1 unspecified atom stereocenters. The molecule has 1 aliphatic rings. The summed E-state index contributed by atoms with van der Waals surface area (Å²) in [6.07, 6.45) is 3.23. The maximum Gasteiger partial charge on any atom is 0.243 e. The van der Waals surface area contributed by atoms with E-state index in [1.807, 2.05) is 0 Å². The van der Waals surface area contributed by atoms with Crippen LogP contribution in [0.25, 0.3) is 0 Å². The van der Waals surface area contributed by atoms with Gasteiger partial charge in [0, 0.05) is 21.8 Å². The van der Waals surface area contributed by atoms with Crippen LogP contribution in [-0.4, -0.2) is 31.1 Å². The van der Waals surface area contributed by atoms with Crippen LogP contribution in [0.5, 0.6) is 0 Å². The lowest BCUT2D eigenvalue weighted by molar-refractivity contribution is 0.274. The summed E-state index contributed by atoms with van der Waals surface area (Å²) < 4.78 is 41.5. The number of benzene rings is 1. The molecule has 0 bridgehead atoms. The highest BCUT2D eigenvalue weighted by Gasteiger charge is 2.24. The Kier molecular flexibility index (Phi) is 6.07. The standard InChI is InChI=1S/C13H17BrFNO3S2/c14-10-5-9(8-17)13(15)12(6-10)21(18,19)16-7-11-3-1-2-4-20-11/h5-6,11,16-17H,1-4,7-8H2. The molecule has 118 valence electrons. The van der Waals surface area contributed by atoms with Gasteiger partial charge >= 0.3 is 0 Å². The molecule has 0 aromatic heterocycles. The van der Waals surface area contributed by atoms with E-state index >= 15 is 0 Å². The van der Waals surface area contributed by atoms with Crippen LogP contribution in [0.15, 0.2) is 21.5 Å². The van der Waals surface area contributed by atoms with E-state index in [2.05, 4.69) is 20.7 Å². The third-order valence-electron chi connectivity index (χ3n) is 3.31. The fourth-order valence-corrected chi connectivity index (χ4v) is 5.40. The van der Waals surface area contributed by atoms with Crippen LogP contribution in [-0.2, 0) is 16.6 Å². The van der Waals surface area contributed by atoms with Crippen molar-refractivity contribution < 1.29 is 17.9 Å². The summed E-state index contributed by atoms with van der Waals surface area (Å²) in [7, 11) is -3.92. The molecular formula is C13H17BrFNO3S2. The minimum atomic E-state index is -3.92. The number of sulfonamides is 1. The van der Waals surface area contributed by atoms with Crippen molar-refractivity contribution >= 4 is 37.7 Å². The van der Waals surface area contributed by atoms with Gasteiger partial charge in [0.2, 0.25) is 10.0 Å². The van der Waals surface area contributed by atoms with Crippen LogP contribution in [0.2, 0.25) is 0 Å². The predicted molar refractivity (Wildman–Crippen MR) is 85.3 cm³/mol. The van der Waals surface area contributed by atoms with Crippen molar-refractivity contribution in [3.05, 3.63) is 28.0 Å². The molecule has 4 nitrogen and oxygen atoms in total. The lowest BCUT2D eigenvalue weighted by Crippen LogP contribution is -2.32. The zero-order chi connectivity index (χ0) is 15.5. The predicted octanol–water partition coefficient (Wildman–Crippen LogP) is 2.64. The first kappa shape index (κ1) is 17.2. The van der Waals surface area contributed by atoms with E-state index in [1.54, 1.807) is 11.8 Å². The average molecular weight is 398 g/mol. The van der Waals surface area contributed by atoms with Gasteiger partial charge in [0.25, 0.3) is 0 Å². The molecule has 1 aromatic carbocycles. The first-order valence-corrected chi connectivity index (χ1v) is 9.96. The van der Waals surface area contributed by atoms with E-state index in [0.717, 1.165) is 25.0 Å². The Morgan fingerprint density at radius 1 is 1.43 bits per heavy atom. The number of thioether (sulfide) groups is 1. The number of aliphatic hydroxyl groups excluding tert-OH is 1. The van der Waals surface area contributed by atoms with Crippen molar-refractivity contribution in [3.8, 4) is 0 Å². The molecule has 0 spiro atoms. The first-order valence-electron chi connectivity index (χ1n) is 6.64. The summed E-state index contributed by atoms with van der Waals surface area (Å²) >= 11 is 4.88. The second kappa shape index (κ2) is 7.41. The van der Waals surface area contributed by atoms with E-state index in [-0.39, 0.29) is 10.8 Å². The van der Waals surface area contributed by atoms with Crippen LogP contribution < -0.4 is 4.72 Å². The van der Waals surface area contributed by atoms with Gasteiger partial charge in [-0.05, 0) is 30.7 Å². The summed E-state index contributed by atoms with van der Waals surface area (Å²) in [6, 6.07) is 2.58. The largest absolute Gasteiger partial charge is 0.392 e. The van der Waals surface area contributed by atoms with Crippen LogP contribution in [0.3, 0.4) is 0 Å². The van der Waals surface area contributed by atoms with Crippen molar-refractivity contribution in [3.63, 3.8) is 0 Å². The van der Waals surface area contributed by atoms with Crippen molar-refractivity contribution in [2.45, 2.75) is 36.0 Å². The van der Waals surface area contributed by atoms with Gasteiger partial charge in [-0.25, -0.2) is 17.5 Å². The van der Waals surface area contributed by atoms with Crippen molar-refractivity contribution in [2.75, 3.05) is 12.3 Å². The summed E-state index contributed by atoms with van der Waals surface area (Å²) in [5.41, 5.74) is -0.0446. The Morgan fingerprint density at radius 2 is 2.19 bits per heavy atom. The first-order chi connectivity index (χ1) is 9.94. The average Bonchev–Trinajstić information content (AvgIpc) is 2.48. The van der Waals surface area contributed by atoms with Crippen LogP contribution in [0.1, 0.15) is 24.8 Å². The minimum Gasteiger partial charge on any atom is -0.392 e. The SMILES string of the molecule is O=S(=O)(NCC1CCCCS1)c1cc(Br)cc(CO)c1F. The third-order valence-corrected chi connectivity index (χ3v) is 6.59. The molecule has 1 aliphatic heterocycles. The van der Waals surface area contributed by atoms with E-state index in [9.17, 15) is 12.8 Å². The molecule has 21 heavy (non-hydrogen) atoms. The highest BCUT2D eigenvalue weighted by Crippen LogP contribution is 2.26. The molecule has 0 saturated carbocycles. The number of aliphatic hydroxyl groups is 1. The van der Waals surface area contributed by atoms with Gasteiger partial charge in [-0.15, -0.1) is 0 Å². The summed E-state index contributed by atoms with van der Waals surface area (Å²) in [5, 5.41) is 9.32. The molecule has 0 aliphatic carbocycles. The zero-order valence-electron chi connectivity index (χ0n) is 11.3. The van der Waals surface area contributed by atoms with Crippen LogP contribution in [0.4, 0.5) is 4.39 Å². The van der Waals surface area contributed by atoms with Gasteiger partial charge in [0.05, 0.1) is 6.61 Å². The molecule has 1 aromatic rings. The smallest absolute Gasteiger partial charge is 0.243 e. The van der Waals surface area contributed by atoms with Gasteiger partial charge in [-0.3, -0.25) is 0 Å². The van der Waals surface area contributed by atoms with E-state index in [4.69, 9.17) is 5.11 Å². The minimum absolute atomic E-state index is 0.0446. The Labute approximate surface area is 136 Å². The maximum absolute atomic E-state index is 14.1. The molecular weight excluding hydrogens is 381 g/mol. The number of halogens is 2. The maximum atomic E-state index is 14.1. The lowest BCUT2D eigenvalue weighted by atomic mass is 10.2. The van der Waals surface area contributed by atoms with Crippen LogP contribution in [0, 0.1) is 5.82 Å². The second-order valence-corrected chi connectivity index (χ2v) is 8.93.